The van der Waals surface area contributed by atoms with Gasteiger partial charge in [0.05, 0.1) is 10.6 Å². The predicted molar refractivity (Wildman–Crippen MR) is 149 cm³/mol. The summed E-state index contributed by atoms with van der Waals surface area (Å²) >= 11 is 5.67. The molecule has 12 heteroatoms. The van der Waals surface area contributed by atoms with Crippen LogP contribution in [0.4, 0.5) is 35.3 Å². The number of carbonyl (C=O) groups is 1. The topological polar surface area (TPSA) is 86.3 Å². The zero-order valence-electron chi connectivity index (χ0n) is 22.4. The van der Waals surface area contributed by atoms with Gasteiger partial charge in [0.2, 0.25) is 5.95 Å². The van der Waals surface area contributed by atoms with E-state index in [4.69, 9.17) is 16.6 Å². The lowest BCUT2D eigenvalue weighted by Crippen LogP contribution is -2.55. The first-order chi connectivity index (χ1) is 19.0. The predicted octanol–water partition coefficient (Wildman–Crippen LogP) is 6.07. The van der Waals surface area contributed by atoms with Gasteiger partial charge in [-0.3, -0.25) is 4.90 Å². The van der Waals surface area contributed by atoms with Crippen molar-refractivity contribution in [3.05, 3.63) is 69.8 Å². The van der Waals surface area contributed by atoms with Gasteiger partial charge in [-0.1, -0.05) is 24.1 Å². The Bertz CT molecular complexity index is 1400. The van der Waals surface area contributed by atoms with Crippen LogP contribution < -0.4 is 15.5 Å². The highest BCUT2D eigenvalue weighted by molar-refractivity contribution is 6.31. The quantitative estimate of drug-likeness (QED) is 0.385. The number of urea groups is 1. The summed E-state index contributed by atoms with van der Waals surface area (Å²) in [4.78, 5) is 31.4. The molecule has 2 amide bonds. The first-order valence-electron chi connectivity index (χ1n) is 13.3. The summed E-state index contributed by atoms with van der Waals surface area (Å²) in [5.41, 5.74) is 1.36. The van der Waals surface area contributed by atoms with Crippen LogP contribution in [0.25, 0.3) is 0 Å². The molecular weight excluding hydrogens is 543 g/mol. The van der Waals surface area contributed by atoms with E-state index < -0.39 is 22.8 Å². The molecule has 1 unspecified atom stereocenters. The molecule has 40 heavy (non-hydrogen) atoms. The maximum absolute atomic E-state index is 13.2. The monoisotopic (exact) mass is 573 g/mol. The summed E-state index contributed by atoms with van der Waals surface area (Å²) in [7, 11) is 0. The number of fused-ring (bicyclic) bond motifs is 1. The Morgan fingerprint density at radius 3 is 2.52 bits per heavy atom. The van der Waals surface area contributed by atoms with E-state index in [0.29, 0.717) is 35.7 Å². The molecule has 0 spiro atoms. The SMILES string of the molecule is Cc1nc(Cc2cc(NC(=O)Nc3ccc(Cl)c(C(F)(F)F)c3)ccc2C)nc(N2CCN3CCCCC3C2)n1. The molecule has 0 bridgehead atoms. The van der Waals surface area contributed by atoms with E-state index >= 15 is 0 Å². The van der Waals surface area contributed by atoms with Gasteiger partial charge >= 0.3 is 12.2 Å². The number of anilines is 3. The fourth-order valence-electron chi connectivity index (χ4n) is 5.30. The van der Waals surface area contributed by atoms with Crippen molar-refractivity contribution in [2.75, 3.05) is 41.7 Å². The van der Waals surface area contributed by atoms with Crippen LogP contribution in [-0.2, 0) is 12.6 Å². The number of alkyl halides is 3. The summed E-state index contributed by atoms with van der Waals surface area (Å²) in [5.74, 6) is 1.98. The van der Waals surface area contributed by atoms with Crippen LogP contribution >= 0.6 is 11.6 Å². The minimum absolute atomic E-state index is 0.0242. The molecule has 0 saturated carbocycles. The molecule has 2 aliphatic rings. The molecule has 2 fully saturated rings. The van der Waals surface area contributed by atoms with Gasteiger partial charge in [0.1, 0.15) is 11.6 Å². The molecule has 2 saturated heterocycles. The molecule has 0 aliphatic carbocycles. The van der Waals surface area contributed by atoms with Crippen LogP contribution in [0.1, 0.15) is 47.6 Å². The van der Waals surface area contributed by atoms with Crippen LogP contribution in [0.15, 0.2) is 36.4 Å². The minimum Gasteiger partial charge on any atom is -0.338 e. The number of nitrogens with zero attached hydrogens (tertiary/aromatic N) is 5. The molecule has 212 valence electrons. The maximum Gasteiger partial charge on any atom is 0.417 e. The van der Waals surface area contributed by atoms with Crippen molar-refractivity contribution in [3.8, 4) is 0 Å². The molecule has 3 aromatic rings. The zero-order chi connectivity index (χ0) is 28.4. The van der Waals surface area contributed by atoms with Crippen molar-refractivity contribution in [1.29, 1.82) is 0 Å². The normalized spacial score (nSPS) is 17.9. The lowest BCUT2D eigenvalue weighted by Gasteiger charge is -2.44. The van der Waals surface area contributed by atoms with E-state index in [1.54, 1.807) is 6.07 Å². The fraction of sp³-hybridized carbons (Fsp3) is 0.429. The molecule has 3 heterocycles. The van der Waals surface area contributed by atoms with Gasteiger partial charge in [-0.15, -0.1) is 0 Å². The third-order valence-corrected chi connectivity index (χ3v) is 7.72. The largest absolute Gasteiger partial charge is 0.417 e. The summed E-state index contributed by atoms with van der Waals surface area (Å²) in [6, 6.07) is 8.49. The Morgan fingerprint density at radius 1 is 1.00 bits per heavy atom. The number of aromatic nitrogens is 3. The Hall–Kier alpha value is -3.44. The van der Waals surface area contributed by atoms with E-state index in [0.717, 1.165) is 49.4 Å². The maximum atomic E-state index is 13.2. The number of halogens is 4. The Morgan fingerprint density at radius 2 is 1.75 bits per heavy atom. The van der Waals surface area contributed by atoms with Gasteiger partial charge in [-0.25, -0.2) is 9.78 Å². The number of piperazine rings is 1. The van der Waals surface area contributed by atoms with Crippen molar-refractivity contribution < 1.29 is 18.0 Å². The van der Waals surface area contributed by atoms with Crippen molar-refractivity contribution in [2.45, 2.75) is 51.7 Å². The molecule has 1 aromatic heterocycles. The first-order valence-corrected chi connectivity index (χ1v) is 13.7. The van der Waals surface area contributed by atoms with Crippen molar-refractivity contribution in [1.82, 2.24) is 19.9 Å². The Labute approximate surface area is 236 Å². The van der Waals surface area contributed by atoms with Gasteiger partial charge in [0, 0.05) is 43.5 Å². The second kappa shape index (κ2) is 11.6. The summed E-state index contributed by atoms with van der Waals surface area (Å²) in [6.07, 6.45) is -0.474. The zero-order valence-corrected chi connectivity index (χ0v) is 23.1. The van der Waals surface area contributed by atoms with Gasteiger partial charge in [0.15, 0.2) is 0 Å². The van der Waals surface area contributed by atoms with Gasteiger partial charge in [-0.05, 0) is 74.7 Å². The Balaban J connectivity index is 1.28. The molecule has 5 rings (SSSR count). The lowest BCUT2D eigenvalue weighted by molar-refractivity contribution is -0.137. The number of benzene rings is 2. The van der Waals surface area contributed by atoms with Crippen molar-refractivity contribution in [3.63, 3.8) is 0 Å². The minimum atomic E-state index is -4.63. The summed E-state index contributed by atoms with van der Waals surface area (Å²) in [6.45, 7) is 7.78. The van der Waals surface area contributed by atoms with Crippen molar-refractivity contribution >= 4 is 35.0 Å². The number of rotatable bonds is 5. The molecule has 2 aromatic carbocycles. The van der Waals surface area contributed by atoms with Gasteiger partial charge < -0.3 is 15.5 Å². The molecule has 1 atom stereocenters. The van der Waals surface area contributed by atoms with E-state index in [1.165, 1.54) is 25.3 Å². The standard InChI is InChI=1S/C28H31ClF3N7O/c1-17-6-7-20(35-27(40)36-21-8-9-24(29)23(15-21)28(30,31)32)13-19(17)14-25-33-18(2)34-26(37-25)39-12-11-38-10-4-3-5-22(38)16-39/h6-9,13,15,22H,3-5,10-12,14,16H2,1-2H3,(H2,35,36,40). The third-order valence-electron chi connectivity index (χ3n) is 7.39. The summed E-state index contributed by atoms with van der Waals surface area (Å²) < 4.78 is 39.5. The Kier molecular flexibility index (Phi) is 8.14. The van der Waals surface area contributed by atoms with Crippen molar-refractivity contribution in [2.24, 2.45) is 0 Å². The van der Waals surface area contributed by atoms with Gasteiger partial charge in [0.25, 0.3) is 0 Å². The highest BCUT2D eigenvalue weighted by Gasteiger charge is 2.33. The highest BCUT2D eigenvalue weighted by atomic mass is 35.5. The van der Waals surface area contributed by atoms with E-state index in [-0.39, 0.29) is 5.69 Å². The fourth-order valence-corrected chi connectivity index (χ4v) is 5.53. The van der Waals surface area contributed by atoms with Gasteiger partial charge in [-0.2, -0.15) is 23.1 Å². The van der Waals surface area contributed by atoms with Crippen LogP contribution in [0.2, 0.25) is 5.02 Å². The molecular formula is C28H31ClF3N7O. The second-order valence-electron chi connectivity index (χ2n) is 10.3. The van der Waals surface area contributed by atoms with Crippen LogP contribution in [0.3, 0.4) is 0 Å². The highest BCUT2D eigenvalue weighted by Crippen LogP contribution is 2.36. The van der Waals surface area contributed by atoms with Crippen LogP contribution in [-0.4, -0.2) is 58.1 Å². The smallest absolute Gasteiger partial charge is 0.338 e. The molecule has 0 radical (unpaired) electrons. The molecule has 2 N–H and O–H groups in total. The van der Waals surface area contributed by atoms with E-state index in [1.807, 2.05) is 26.0 Å². The van der Waals surface area contributed by atoms with E-state index in [2.05, 4.69) is 30.4 Å². The molecule has 8 nitrogen and oxygen atoms in total. The number of amides is 2. The number of carbonyl (C=O) groups excluding carboxylic acids is 1. The second-order valence-corrected chi connectivity index (χ2v) is 10.7. The molecule has 2 aliphatic heterocycles. The number of nitrogens with one attached hydrogen (secondary N) is 2. The third kappa shape index (κ3) is 6.64. The average molecular weight is 574 g/mol. The van der Waals surface area contributed by atoms with Crippen LogP contribution in [0, 0.1) is 13.8 Å². The number of hydrogen-bond donors (Lipinski definition) is 2. The van der Waals surface area contributed by atoms with E-state index in [9.17, 15) is 18.0 Å². The first kappa shape index (κ1) is 28.1. The summed E-state index contributed by atoms with van der Waals surface area (Å²) in [5, 5.41) is 4.69. The number of hydrogen-bond acceptors (Lipinski definition) is 6. The lowest BCUT2D eigenvalue weighted by atomic mass is 10.00. The number of piperidine rings is 1. The van der Waals surface area contributed by atoms with Crippen LogP contribution in [0.5, 0.6) is 0 Å². The number of aryl methyl sites for hydroxylation is 2. The average Bonchev–Trinajstić information content (AvgIpc) is 2.90.